The van der Waals surface area contributed by atoms with Gasteiger partial charge in [-0.2, -0.15) is 0 Å². The average molecular weight is 467 g/mol. The van der Waals surface area contributed by atoms with E-state index in [0.29, 0.717) is 0 Å². The summed E-state index contributed by atoms with van der Waals surface area (Å²) in [6.07, 6.45) is 38.1. The van der Waals surface area contributed by atoms with Crippen LogP contribution >= 0.6 is 0 Å². The van der Waals surface area contributed by atoms with Crippen molar-refractivity contribution in [2.45, 2.75) is 154 Å². The van der Waals surface area contributed by atoms with Gasteiger partial charge in [0.2, 0.25) is 0 Å². The largest absolute Gasteiger partial charge is 0.0530 e. The summed E-state index contributed by atoms with van der Waals surface area (Å²) in [5.74, 6) is 11.2. The molecule has 0 amide bonds. The van der Waals surface area contributed by atoms with E-state index in [1.807, 2.05) is 0 Å². The topological polar surface area (TPSA) is 0 Å². The maximum Gasteiger partial charge on any atom is -0.0386 e. The molecule has 0 saturated heterocycles. The molecular formula is C34H58. The molecule has 0 aromatic rings. The molecule has 0 radical (unpaired) electrons. The Bertz CT molecular complexity index is 524. The molecule has 6 rings (SSSR count). The fourth-order valence-electron chi connectivity index (χ4n) is 11.2. The zero-order valence-electron chi connectivity index (χ0n) is 22.7. The van der Waals surface area contributed by atoms with E-state index >= 15 is 0 Å². The third kappa shape index (κ3) is 5.62. The van der Waals surface area contributed by atoms with Gasteiger partial charge in [0, 0.05) is 0 Å². The van der Waals surface area contributed by atoms with Gasteiger partial charge in [-0.05, 0) is 162 Å². The molecule has 0 aromatic carbocycles. The third-order valence-electron chi connectivity index (χ3n) is 13.4. The molecule has 0 atom stereocenters. The van der Waals surface area contributed by atoms with Gasteiger partial charge in [-0.1, -0.05) is 51.4 Å². The highest BCUT2D eigenvalue weighted by Crippen LogP contribution is 2.50. The van der Waals surface area contributed by atoms with Crippen LogP contribution in [0.3, 0.4) is 0 Å². The summed E-state index contributed by atoms with van der Waals surface area (Å²) in [6.45, 7) is 0. The molecule has 194 valence electrons. The lowest BCUT2D eigenvalue weighted by Crippen LogP contribution is -2.32. The van der Waals surface area contributed by atoms with Crippen molar-refractivity contribution in [1.82, 2.24) is 0 Å². The van der Waals surface area contributed by atoms with E-state index < -0.39 is 0 Å². The zero-order valence-corrected chi connectivity index (χ0v) is 22.7. The van der Waals surface area contributed by atoms with E-state index in [-0.39, 0.29) is 0 Å². The van der Waals surface area contributed by atoms with Crippen LogP contribution in [0, 0.1) is 59.2 Å². The van der Waals surface area contributed by atoms with Gasteiger partial charge in [0.1, 0.15) is 0 Å². The van der Waals surface area contributed by atoms with E-state index in [0.717, 1.165) is 59.2 Å². The van der Waals surface area contributed by atoms with Gasteiger partial charge in [0.05, 0.1) is 0 Å². The van der Waals surface area contributed by atoms with Crippen molar-refractivity contribution in [2.24, 2.45) is 59.2 Å². The SMILES string of the molecule is C1CCC(C2CCC(C3CCC(C4CCC(C5CCC(C6CCCC6)CC5)CC4)CC3)CC2)C1. The predicted octanol–water partition coefficient (Wildman–Crippen LogP) is 10.6. The molecule has 6 fully saturated rings. The van der Waals surface area contributed by atoms with Crippen molar-refractivity contribution in [2.75, 3.05) is 0 Å². The van der Waals surface area contributed by atoms with Gasteiger partial charge < -0.3 is 0 Å². The molecule has 0 spiro atoms. The summed E-state index contributed by atoms with van der Waals surface area (Å²) in [7, 11) is 0. The lowest BCUT2D eigenvalue weighted by molar-refractivity contribution is 0.0782. The van der Waals surface area contributed by atoms with Gasteiger partial charge in [-0.15, -0.1) is 0 Å². The maximum atomic E-state index is 1.61. The van der Waals surface area contributed by atoms with Crippen LogP contribution in [0.1, 0.15) is 154 Å². The van der Waals surface area contributed by atoms with E-state index in [1.54, 1.807) is 128 Å². The van der Waals surface area contributed by atoms with Gasteiger partial charge in [-0.25, -0.2) is 0 Å². The van der Waals surface area contributed by atoms with Gasteiger partial charge in [0.15, 0.2) is 0 Å². The fourth-order valence-corrected chi connectivity index (χ4v) is 11.2. The van der Waals surface area contributed by atoms with Crippen LogP contribution in [0.5, 0.6) is 0 Å². The Hall–Kier alpha value is 0. The van der Waals surface area contributed by atoms with Gasteiger partial charge in [-0.3, -0.25) is 0 Å². The molecule has 0 heterocycles. The lowest BCUT2D eigenvalue weighted by Gasteiger charge is -2.43. The Labute approximate surface area is 213 Å². The molecule has 0 unspecified atom stereocenters. The highest BCUT2D eigenvalue weighted by Gasteiger charge is 2.38. The van der Waals surface area contributed by atoms with E-state index in [2.05, 4.69) is 0 Å². The third-order valence-corrected chi connectivity index (χ3v) is 13.4. The van der Waals surface area contributed by atoms with E-state index in [1.165, 1.54) is 25.7 Å². The number of rotatable bonds is 5. The normalized spacial score (nSPS) is 45.5. The van der Waals surface area contributed by atoms with Crippen molar-refractivity contribution < 1.29 is 0 Å². The van der Waals surface area contributed by atoms with Crippen LogP contribution < -0.4 is 0 Å². The van der Waals surface area contributed by atoms with Gasteiger partial charge in [0.25, 0.3) is 0 Å². The number of hydrogen-bond acceptors (Lipinski definition) is 0. The van der Waals surface area contributed by atoms with E-state index in [4.69, 9.17) is 0 Å². The standard InChI is InChI=1S/C34H58/c1-2-6-25(5-1)27-9-13-29(14-10-27)31-17-21-33(22-18-31)34-23-19-32(20-24-34)30-15-11-28(12-16-30)26-7-3-4-8-26/h25-34H,1-24H2. The molecule has 34 heavy (non-hydrogen) atoms. The Kier molecular flexibility index (Phi) is 8.30. The molecule has 6 aliphatic carbocycles. The quantitative estimate of drug-likeness (QED) is 0.378. The molecular weight excluding hydrogens is 408 g/mol. The Balaban J connectivity index is 0.885. The maximum absolute atomic E-state index is 1.61. The van der Waals surface area contributed by atoms with Gasteiger partial charge >= 0.3 is 0 Å². The van der Waals surface area contributed by atoms with Crippen LogP contribution in [-0.2, 0) is 0 Å². The van der Waals surface area contributed by atoms with Crippen molar-refractivity contribution in [1.29, 1.82) is 0 Å². The van der Waals surface area contributed by atoms with E-state index in [9.17, 15) is 0 Å². The predicted molar refractivity (Wildman–Crippen MR) is 146 cm³/mol. The first kappa shape index (κ1) is 24.3. The summed E-state index contributed by atoms with van der Waals surface area (Å²) >= 11 is 0. The second kappa shape index (κ2) is 11.6. The molecule has 0 nitrogen and oxygen atoms in total. The minimum Gasteiger partial charge on any atom is -0.0530 e. The lowest BCUT2D eigenvalue weighted by atomic mass is 9.62. The summed E-state index contributed by atoms with van der Waals surface area (Å²) in [5, 5.41) is 0. The van der Waals surface area contributed by atoms with Crippen LogP contribution in [0.25, 0.3) is 0 Å². The monoisotopic (exact) mass is 466 g/mol. The summed E-state index contributed by atoms with van der Waals surface area (Å²) in [6, 6.07) is 0. The first-order chi connectivity index (χ1) is 16.8. The van der Waals surface area contributed by atoms with Crippen molar-refractivity contribution >= 4 is 0 Å². The highest BCUT2D eigenvalue weighted by molar-refractivity contribution is 4.89. The molecule has 6 aliphatic rings. The smallest absolute Gasteiger partial charge is 0.0386 e. The molecule has 0 aromatic heterocycles. The van der Waals surface area contributed by atoms with Crippen molar-refractivity contribution in [3.8, 4) is 0 Å². The summed E-state index contributed by atoms with van der Waals surface area (Å²) in [5.41, 5.74) is 0. The zero-order chi connectivity index (χ0) is 22.7. The molecule has 0 N–H and O–H groups in total. The van der Waals surface area contributed by atoms with Crippen LogP contribution in [-0.4, -0.2) is 0 Å². The first-order valence-electron chi connectivity index (χ1n) is 16.8. The number of hydrogen-bond donors (Lipinski definition) is 0. The van der Waals surface area contributed by atoms with Crippen LogP contribution in [0.4, 0.5) is 0 Å². The molecule has 0 aliphatic heterocycles. The highest BCUT2D eigenvalue weighted by atomic mass is 14.4. The Morgan fingerprint density at radius 2 is 0.265 bits per heavy atom. The summed E-state index contributed by atoms with van der Waals surface area (Å²) < 4.78 is 0. The van der Waals surface area contributed by atoms with Crippen molar-refractivity contribution in [3.63, 3.8) is 0 Å². The second-order valence-electron chi connectivity index (χ2n) is 14.8. The van der Waals surface area contributed by atoms with Crippen molar-refractivity contribution in [3.05, 3.63) is 0 Å². The Morgan fingerprint density at radius 1 is 0.147 bits per heavy atom. The summed E-state index contributed by atoms with van der Waals surface area (Å²) in [4.78, 5) is 0. The second-order valence-corrected chi connectivity index (χ2v) is 14.8. The van der Waals surface area contributed by atoms with Crippen LogP contribution in [0.2, 0.25) is 0 Å². The van der Waals surface area contributed by atoms with Crippen LogP contribution in [0.15, 0.2) is 0 Å². The fraction of sp³-hybridized carbons (Fsp3) is 1.00. The minimum atomic E-state index is 1.12. The molecule has 0 bridgehead atoms. The average Bonchev–Trinajstić information content (AvgIpc) is 3.65. The molecule has 6 saturated carbocycles. The minimum absolute atomic E-state index is 1.12. The Morgan fingerprint density at radius 3 is 0.412 bits per heavy atom. The molecule has 0 heteroatoms. The first-order valence-corrected chi connectivity index (χ1v) is 16.8.